The predicted molar refractivity (Wildman–Crippen MR) is 63.9 cm³/mol. The molecule has 1 aliphatic rings. The van der Waals surface area contributed by atoms with E-state index in [1.807, 2.05) is 0 Å². The van der Waals surface area contributed by atoms with Crippen molar-refractivity contribution in [1.82, 2.24) is 4.98 Å². The van der Waals surface area contributed by atoms with E-state index in [2.05, 4.69) is 23.3 Å². The minimum atomic E-state index is 0.633. The molecule has 2 atom stereocenters. The van der Waals surface area contributed by atoms with E-state index in [1.165, 1.54) is 19.3 Å². The lowest BCUT2D eigenvalue weighted by atomic mass is 10.1. The van der Waals surface area contributed by atoms with Gasteiger partial charge in [0.15, 0.2) is 0 Å². The Hall–Kier alpha value is -1.56. The fourth-order valence-corrected chi connectivity index (χ4v) is 2.39. The van der Waals surface area contributed by atoms with Gasteiger partial charge in [0, 0.05) is 12.7 Å². The average molecular weight is 215 g/mol. The van der Waals surface area contributed by atoms with Crippen LogP contribution < -0.4 is 5.32 Å². The molecule has 1 aromatic heterocycles. The smallest absolute Gasteiger partial charge is 0.143 e. The molecule has 1 saturated carbocycles. The van der Waals surface area contributed by atoms with Crippen molar-refractivity contribution < 1.29 is 0 Å². The van der Waals surface area contributed by atoms with E-state index in [0.717, 1.165) is 24.2 Å². The van der Waals surface area contributed by atoms with Crippen molar-refractivity contribution in [2.75, 3.05) is 11.9 Å². The quantitative estimate of drug-likeness (QED) is 0.843. The van der Waals surface area contributed by atoms with Gasteiger partial charge in [0.05, 0.1) is 5.56 Å². The maximum atomic E-state index is 8.92. The van der Waals surface area contributed by atoms with E-state index < -0.39 is 0 Å². The molecule has 0 radical (unpaired) electrons. The van der Waals surface area contributed by atoms with Crippen molar-refractivity contribution in [3.8, 4) is 6.07 Å². The first-order valence-electron chi connectivity index (χ1n) is 5.88. The molecular weight excluding hydrogens is 198 g/mol. The fourth-order valence-electron chi connectivity index (χ4n) is 2.39. The van der Waals surface area contributed by atoms with E-state index >= 15 is 0 Å². The zero-order valence-electron chi connectivity index (χ0n) is 9.61. The lowest BCUT2D eigenvalue weighted by molar-refractivity contribution is 0.536. The molecule has 2 rings (SSSR count). The Bertz CT molecular complexity index is 394. The summed E-state index contributed by atoms with van der Waals surface area (Å²) < 4.78 is 0. The van der Waals surface area contributed by atoms with Gasteiger partial charge in [-0.3, -0.25) is 0 Å². The largest absolute Gasteiger partial charge is 0.369 e. The highest BCUT2D eigenvalue weighted by atomic mass is 15.0. The van der Waals surface area contributed by atoms with E-state index in [-0.39, 0.29) is 0 Å². The molecule has 3 nitrogen and oxygen atoms in total. The van der Waals surface area contributed by atoms with Crippen LogP contribution in [0.2, 0.25) is 0 Å². The number of nitrogens with zero attached hydrogens (tertiary/aromatic N) is 2. The molecule has 0 spiro atoms. The molecular formula is C13H17N3. The van der Waals surface area contributed by atoms with Crippen LogP contribution in [0.3, 0.4) is 0 Å². The third kappa shape index (κ3) is 2.52. The van der Waals surface area contributed by atoms with Gasteiger partial charge >= 0.3 is 0 Å². The summed E-state index contributed by atoms with van der Waals surface area (Å²) >= 11 is 0. The van der Waals surface area contributed by atoms with Gasteiger partial charge in [0.25, 0.3) is 0 Å². The zero-order chi connectivity index (χ0) is 11.4. The first kappa shape index (κ1) is 10.9. The highest BCUT2D eigenvalue weighted by Crippen LogP contribution is 2.30. The Morgan fingerprint density at radius 1 is 1.56 bits per heavy atom. The molecule has 0 amide bonds. The third-order valence-electron chi connectivity index (χ3n) is 3.29. The summed E-state index contributed by atoms with van der Waals surface area (Å²) in [6.07, 6.45) is 5.64. The molecule has 0 saturated heterocycles. The molecule has 2 unspecified atom stereocenters. The van der Waals surface area contributed by atoms with Crippen molar-refractivity contribution >= 4 is 5.82 Å². The lowest BCUT2D eigenvalue weighted by Crippen LogP contribution is -2.13. The summed E-state index contributed by atoms with van der Waals surface area (Å²) in [6, 6.07) is 5.75. The van der Waals surface area contributed by atoms with Crippen LogP contribution >= 0.6 is 0 Å². The summed E-state index contributed by atoms with van der Waals surface area (Å²) in [4.78, 5) is 4.20. The number of rotatable bonds is 3. The average Bonchev–Trinajstić information content (AvgIpc) is 2.73. The number of aromatic nitrogens is 1. The second-order valence-electron chi connectivity index (χ2n) is 4.68. The molecule has 0 bridgehead atoms. The molecule has 0 aromatic carbocycles. The predicted octanol–water partition coefficient (Wildman–Crippen LogP) is 2.80. The van der Waals surface area contributed by atoms with Gasteiger partial charge in [-0.25, -0.2) is 4.98 Å². The van der Waals surface area contributed by atoms with Crippen molar-refractivity contribution in [3.05, 3.63) is 23.9 Å². The Morgan fingerprint density at radius 2 is 2.44 bits per heavy atom. The second kappa shape index (κ2) is 4.98. The normalized spacial score (nSPS) is 24.0. The van der Waals surface area contributed by atoms with E-state index in [4.69, 9.17) is 5.26 Å². The number of nitriles is 1. The minimum absolute atomic E-state index is 0.633. The molecule has 1 aliphatic carbocycles. The van der Waals surface area contributed by atoms with Gasteiger partial charge in [0.1, 0.15) is 11.9 Å². The molecule has 1 aromatic rings. The maximum Gasteiger partial charge on any atom is 0.143 e. The van der Waals surface area contributed by atoms with Crippen molar-refractivity contribution in [2.45, 2.75) is 26.2 Å². The SMILES string of the molecule is CC1CCC(CNc2ncccc2C#N)C1. The highest BCUT2D eigenvalue weighted by Gasteiger charge is 2.21. The van der Waals surface area contributed by atoms with Gasteiger partial charge in [-0.1, -0.05) is 13.3 Å². The lowest BCUT2D eigenvalue weighted by Gasteiger charge is -2.12. The summed E-state index contributed by atoms with van der Waals surface area (Å²) in [5.41, 5.74) is 0.633. The number of hydrogen-bond acceptors (Lipinski definition) is 3. The van der Waals surface area contributed by atoms with Crippen LogP contribution in [-0.4, -0.2) is 11.5 Å². The van der Waals surface area contributed by atoms with Crippen molar-refractivity contribution in [3.63, 3.8) is 0 Å². The van der Waals surface area contributed by atoms with Crippen LogP contribution in [0.25, 0.3) is 0 Å². The highest BCUT2D eigenvalue weighted by molar-refractivity contribution is 5.51. The topological polar surface area (TPSA) is 48.7 Å². The van der Waals surface area contributed by atoms with Crippen LogP contribution in [0.4, 0.5) is 5.82 Å². The number of pyridine rings is 1. The second-order valence-corrected chi connectivity index (χ2v) is 4.68. The summed E-state index contributed by atoms with van der Waals surface area (Å²) in [5.74, 6) is 2.32. The number of hydrogen-bond donors (Lipinski definition) is 1. The minimum Gasteiger partial charge on any atom is -0.369 e. The summed E-state index contributed by atoms with van der Waals surface area (Å²) in [6.45, 7) is 3.25. The van der Waals surface area contributed by atoms with Crippen LogP contribution in [0.5, 0.6) is 0 Å². The molecule has 16 heavy (non-hydrogen) atoms. The molecule has 1 heterocycles. The van der Waals surface area contributed by atoms with Crippen molar-refractivity contribution in [1.29, 1.82) is 5.26 Å². The van der Waals surface area contributed by atoms with Crippen LogP contribution in [0.15, 0.2) is 18.3 Å². The standard InChI is InChI=1S/C13H17N3/c1-10-4-5-11(7-10)9-16-13-12(8-14)3-2-6-15-13/h2-3,6,10-11H,4-5,7,9H2,1H3,(H,15,16). The third-order valence-corrected chi connectivity index (χ3v) is 3.29. The molecule has 84 valence electrons. The first-order valence-corrected chi connectivity index (χ1v) is 5.88. The number of nitrogens with one attached hydrogen (secondary N) is 1. The van der Waals surface area contributed by atoms with Gasteiger partial charge in [-0.05, 0) is 36.8 Å². The zero-order valence-corrected chi connectivity index (χ0v) is 9.61. The Morgan fingerprint density at radius 3 is 3.12 bits per heavy atom. The van der Waals surface area contributed by atoms with Crippen LogP contribution in [-0.2, 0) is 0 Å². The fraction of sp³-hybridized carbons (Fsp3) is 0.538. The monoisotopic (exact) mass is 215 g/mol. The molecule has 0 aliphatic heterocycles. The Balaban J connectivity index is 1.92. The maximum absolute atomic E-state index is 8.92. The Labute approximate surface area is 96.5 Å². The van der Waals surface area contributed by atoms with E-state index in [9.17, 15) is 0 Å². The van der Waals surface area contributed by atoms with Crippen molar-refractivity contribution in [2.24, 2.45) is 11.8 Å². The molecule has 1 fully saturated rings. The van der Waals surface area contributed by atoms with Gasteiger partial charge in [0.2, 0.25) is 0 Å². The first-order chi connectivity index (χ1) is 7.79. The van der Waals surface area contributed by atoms with Gasteiger partial charge in [-0.2, -0.15) is 5.26 Å². The molecule has 1 N–H and O–H groups in total. The Kier molecular flexibility index (Phi) is 3.40. The molecule has 3 heteroatoms. The van der Waals surface area contributed by atoms with Crippen LogP contribution in [0, 0.1) is 23.2 Å². The number of anilines is 1. The van der Waals surface area contributed by atoms with Gasteiger partial charge in [-0.15, -0.1) is 0 Å². The van der Waals surface area contributed by atoms with Crippen LogP contribution in [0.1, 0.15) is 31.7 Å². The van der Waals surface area contributed by atoms with E-state index in [1.54, 1.807) is 18.3 Å². The summed E-state index contributed by atoms with van der Waals surface area (Å²) in [5, 5.41) is 12.2. The van der Waals surface area contributed by atoms with Gasteiger partial charge < -0.3 is 5.32 Å². The summed E-state index contributed by atoms with van der Waals surface area (Å²) in [7, 11) is 0. The van der Waals surface area contributed by atoms with E-state index in [0.29, 0.717) is 5.56 Å².